The summed E-state index contributed by atoms with van der Waals surface area (Å²) in [6.07, 6.45) is 9.41. The summed E-state index contributed by atoms with van der Waals surface area (Å²) in [7, 11) is 0. The van der Waals surface area contributed by atoms with Gasteiger partial charge < -0.3 is 0 Å². The van der Waals surface area contributed by atoms with E-state index in [9.17, 15) is 4.79 Å². The van der Waals surface area contributed by atoms with Crippen molar-refractivity contribution in [1.29, 1.82) is 0 Å². The van der Waals surface area contributed by atoms with Crippen LogP contribution in [0, 0.1) is 0 Å². The van der Waals surface area contributed by atoms with Crippen LogP contribution in [0.1, 0.15) is 58.3 Å². The van der Waals surface area contributed by atoms with Crippen molar-refractivity contribution in [3.63, 3.8) is 0 Å². The molecule has 1 unspecified atom stereocenters. The molecule has 2 rings (SSSR count). The van der Waals surface area contributed by atoms with E-state index in [0.29, 0.717) is 5.78 Å². The largest absolute Gasteiger partial charge is 0.298 e. The topological polar surface area (TPSA) is 20.3 Å². The molecule has 2 heteroatoms. The summed E-state index contributed by atoms with van der Waals surface area (Å²) in [4.78, 5) is 14.5. The van der Waals surface area contributed by atoms with E-state index < -0.39 is 0 Å². The van der Waals surface area contributed by atoms with Crippen molar-refractivity contribution in [3.8, 4) is 0 Å². The Bertz CT molecular complexity index is 223. The van der Waals surface area contributed by atoms with Crippen LogP contribution in [0.5, 0.6) is 0 Å². The molecule has 2 fully saturated rings. The second kappa shape index (κ2) is 5.11. The van der Waals surface area contributed by atoms with Gasteiger partial charge in [0.15, 0.2) is 0 Å². The predicted molar refractivity (Wildman–Crippen MR) is 61.9 cm³/mol. The average Bonchev–Trinajstić information content (AvgIpc) is 3.02. The summed E-state index contributed by atoms with van der Waals surface area (Å²) in [6, 6.07) is 1.02. The summed E-state index contributed by atoms with van der Waals surface area (Å²) in [5, 5.41) is 0. The summed E-state index contributed by atoms with van der Waals surface area (Å²) < 4.78 is 0. The SMILES string of the molecule is CCCN(C1CC1)C1CCCCCC1=O. The van der Waals surface area contributed by atoms with E-state index in [1.54, 1.807) is 0 Å². The van der Waals surface area contributed by atoms with E-state index in [4.69, 9.17) is 0 Å². The lowest BCUT2D eigenvalue weighted by molar-refractivity contribution is -0.124. The van der Waals surface area contributed by atoms with Crippen molar-refractivity contribution in [1.82, 2.24) is 4.90 Å². The van der Waals surface area contributed by atoms with Crippen LogP contribution in [0.25, 0.3) is 0 Å². The van der Waals surface area contributed by atoms with Crippen molar-refractivity contribution in [2.75, 3.05) is 6.54 Å². The summed E-state index contributed by atoms with van der Waals surface area (Å²) in [5.74, 6) is 0.521. The predicted octanol–water partition coefficient (Wildman–Crippen LogP) is 2.76. The molecular weight excluding hydrogens is 186 g/mol. The van der Waals surface area contributed by atoms with E-state index in [0.717, 1.165) is 31.8 Å². The normalized spacial score (nSPS) is 28.1. The molecule has 0 amide bonds. The third kappa shape index (κ3) is 2.81. The number of ketones is 1. The van der Waals surface area contributed by atoms with Gasteiger partial charge in [-0.1, -0.05) is 19.8 Å². The minimum atomic E-state index is 0.278. The number of hydrogen-bond donors (Lipinski definition) is 0. The lowest BCUT2D eigenvalue weighted by Gasteiger charge is -2.29. The van der Waals surface area contributed by atoms with Crippen LogP contribution >= 0.6 is 0 Å². The first-order valence-corrected chi connectivity index (χ1v) is 6.61. The second-order valence-electron chi connectivity index (χ2n) is 5.05. The highest BCUT2D eigenvalue weighted by atomic mass is 16.1. The first-order valence-electron chi connectivity index (χ1n) is 6.61. The van der Waals surface area contributed by atoms with Gasteiger partial charge >= 0.3 is 0 Å². The molecule has 0 heterocycles. The Morgan fingerprint density at radius 3 is 2.67 bits per heavy atom. The summed E-state index contributed by atoms with van der Waals surface area (Å²) in [6.45, 7) is 3.34. The van der Waals surface area contributed by atoms with Gasteiger partial charge in [0.1, 0.15) is 5.78 Å². The zero-order chi connectivity index (χ0) is 10.7. The van der Waals surface area contributed by atoms with E-state index in [-0.39, 0.29) is 6.04 Å². The molecule has 2 saturated carbocycles. The van der Waals surface area contributed by atoms with Crippen LogP contribution in [0.3, 0.4) is 0 Å². The molecular formula is C13H23NO. The Morgan fingerprint density at radius 2 is 2.00 bits per heavy atom. The summed E-state index contributed by atoms with van der Waals surface area (Å²) in [5.41, 5.74) is 0. The molecule has 2 nitrogen and oxygen atoms in total. The molecule has 0 aromatic heterocycles. The van der Waals surface area contributed by atoms with Gasteiger partial charge in [-0.15, -0.1) is 0 Å². The average molecular weight is 209 g/mol. The van der Waals surface area contributed by atoms with Crippen LogP contribution in [0.15, 0.2) is 0 Å². The maximum Gasteiger partial charge on any atom is 0.149 e. The molecule has 86 valence electrons. The van der Waals surface area contributed by atoms with Crippen molar-refractivity contribution in [2.24, 2.45) is 0 Å². The third-order valence-corrected chi connectivity index (χ3v) is 3.67. The fraction of sp³-hybridized carbons (Fsp3) is 0.923. The second-order valence-corrected chi connectivity index (χ2v) is 5.05. The summed E-state index contributed by atoms with van der Waals surface area (Å²) >= 11 is 0. The molecule has 0 bridgehead atoms. The van der Waals surface area contributed by atoms with Gasteiger partial charge in [-0.3, -0.25) is 9.69 Å². The minimum Gasteiger partial charge on any atom is -0.298 e. The fourth-order valence-electron chi connectivity index (χ4n) is 2.75. The van der Waals surface area contributed by atoms with E-state index >= 15 is 0 Å². The number of hydrogen-bond acceptors (Lipinski definition) is 2. The van der Waals surface area contributed by atoms with E-state index in [1.807, 2.05) is 0 Å². The van der Waals surface area contributed by atoms with Gasteiger partial charge in [0.05, 0.1) is 6.04 Å². The molecule has 0 N–H and O–H groups in total. The number of carbonyl (C=O) groups is 1. The quantitative estimate of drug-likeness (QED) is 0.664. The van der Waals surface area contributed by atoms with Gasteiger partial charge in [-0.25, -0.2) is 0 Å². The van der Waals surface area contributed by atoms with Gasteiger partial charge in [0.25, 0.3) is 0 Å². The van der Waals surface area contributed by atoms with Crippen LogP contribution in [-0.2, 0) is 4.79 Å². The van der Waals surface area contributed by atoms with Crippen LogP contribution < -0.4 is 0 Å². The molecule has 0 saturated heterocycles. The third-order valence-electron chi connectivity index (χ3n) is 3.67. The number of Topliss-reactive ketones (excluding diaryl/α,β-unsaturated/α-hetero) is 1. The van der Waals surface area contributed by atoms with Crippen molar-refractivity contribution in [3.05, 3.63) is 0 Å². The molecule has 2 aliphatic carbocycles. The number of carbonyl (C=O) groups excluding carboxylic acids is 1. The zero-order valence-corrected chi connectivity index (χ0v) is 9.87. The van der Waals surface area contributed by atoms with E-state index in [2.05, 4.69) is 11.8 Å². The number of rotatable bonds is 4. The van der Waals surface area contributed by atoms with Gasteiger partial charge in [0.2, 0.25) is 0 Å². The molecule has 1 atom stereocenters. The van der Waals surface area contributed by atoms with E-state index in [1.165, 1.54) is 32.1 Å². The fourth-order valence-corrected chi connectivity index (χ4v) is 2.75. The monoisotopic (exact) mass is 209 g/mol. The molecule has 0 radical (unpaired) electrons. The molecule has 0 spiro atoms. The van der Waals surface area contributed by atoms with Crippen LogP contribution in [-0.4, -0.2) is 29.3 Å². The Labute approximate surface area is 93.0 Å². The van der Waals surface area contributed by atoms with Crippen LogP contribution in [0.2, 0.25) is 0 Å². The molecule has 0 aliphatic heterocycles. The Balaban J connectivity index is 1.99. The molecule has 15 heavy (non-hydrogen) atoms. The lowest BCUT2D eigenvalue weighted by atomic mass is 10.1. The minimum absolute atomic E-state index is 0.278. The highest BCUT2D eigenvalue weighted by Gasteiger charge is 2.36. The Hall–Kier alpha value is -0.370. The van der Waals surface area contributed by atoms with Crippen molar-refractivity contribution in [2.45, 2.75) is 70.4 Å². The Kier molecular flexibility index (Phi) is 3.79. The lowest BCUT2D eigenvalue weighted by Crippen LogP contribution is -2.42. The highest BCUT2D eigenvalue weighted by Crippen LogP contribution is 2.32. The smallest absolute Gasteiger partial charge is 0.149 e. The van der Waals surface area contributed by atoms with Gasteiger partial charge in [-0.2, -0.15) is 0 Å². The first kappa shape index (κ1) is 11.1. The molecule has 2 aliphatic rings. The van der Waals surface area contributed by atoms with Gasteiger partial charge in [-0.05, 0) is 38.6 Å². The van der Waals surface area contributed by atoms with Crippen LogP contribution in [0.4, 0.5) is 0 Å². The maximum absolute atomic E-state index is 12.0. The van der Waals surface area contributed by atoms with Crippen molar-refractivity contribution < 1.29 is 4.79 Å². The van der Waals surface area contributed by atoms with Gasteiger partial charge in [0, 0.05) is 12.5 Å². The Morgan fingerprint density at radius 1 is 1.20 bits per heavy atom. The first-order chi connectivity index (χ1) is 7.33. The highest BCUT2D eigenvalue weighted by molar-refractivity contribution is 5.84. The molecule has 0 aromatic rings. The standard InChI is InChI=1S/C13H23NO/c1-2-10-14(11-8-9-11)12-6-4-3-5-7-13(12)15/h11-12H,2-10H2,1H3. The zero-order valence-electron chi connectivity index (χ0n) is 9.87. The molecule has 0 aromatic carbocycles. The van der Waals surface area contributed by atoms with Crippen molar-refractivity contribution >= 4 is 5.78 Å². The maximum atomic E-state index is 12.0. The number of nitrogens with zero attached hydrogens (tertiary/aromatic N) is 1.